The summed E-state index contributed by atoms with van der Waals surface area (Å²) in [5.41, 5.74) is 0.995. The lowest BCUT2D eigenvalue weighted by atomic mass is 10.1. The zero-order valence-corrected chi connectivity index (χ0v) is 13.6. The number of nitrogens with one attached hydrogen (secondary N) is 1. The Hall–Kier alpha value is -1.20. The summed E-state index contributed by atoms with van der Waals surface area (Å²) in [6, 6.07) is 13.6. The maximum Gasteiger partial charge on any atom is 0.254 e. The number of carbonyl (C=O) groups is 1. The summed E-state index contributed by atoms with van der Waals surface area (Å²) in [4.78, 5) is 12.2. The number of carbonyl (C=O) groups excluding carboxylic acids is 1. The van der Waals surface area contributed by atoms with Crippen molar-refractivity contribution in [2.24, 2.45) is 0 Å². The molecule has 0 radical (unpaired) electrons. The molecule has 0 aliphatic heterocycles. The first-order valence-electron chi connectivity index (χ1n) is 5.98. The second kappa shape index (κ2) is 6.99. The van der Waals surface area contributed by atoms with Crippen molar-refractivity contribution in [1.82, 2.24) is 5.32 Å². The number of benzene rings is 2. The highest BCUT2D eigenvalue weighted by Gasteiger charge is 2.17. The van der Waals surface area contributed by atoms with Gasteiger partial charge in [0.05, 0.1) is 11.6 Å². The van der Waals surface area contributed by atoms with Crippen molar-refractivity contribution in [2.45, 2.75) is 6.04 Å². The third-order valence-electron chi connectivity index (χ3n) is 2.83. The summed E-state index contributed by atoms with van der Waals surface area (Å²) in [5.74, 6) is -0.968. The monoisotopic (exact) mass is 399 g/mol. The fraction of sp³-hybridized carbons (Fsp3) is 0.133. The number of alkyl halides is 1. The topological polar surface area (TPSA) is 29.1 Å². The number of hydrogen-bond donors (Lipinski definition) is 1. The standard InChI is InChI=1S/C15H12Br2FNO/c16-9-14(10-4-2-1-3-5-10)19-15(20)12-8-11(17)6-7-13(12)18/h1-8,14H,9H2,(H,19,20). The molecule has 0 aliphatic carbocycles. The van der Waals surface area contributed by atoms with E-state index in [1.54, 1.807) is 6.07 Å². The Morgan fingerprint density at radius 2 is 1.90 bits per heavy atom. The molecule has 0 saturated heterocycles. The van der Waals surface area contributed by atoms with Crippen molar-refractivity contribution in [3.8, 4) is 0 Å². The van der Waals surface area contributed by atoms with Crippen molar-refractivity contribution in [2.75, 3.05) is 5.33 Å². The highest BCUT2D eigenvalue weighted by Crippen LogP contribution is 2.19. The maximum atomic E-state index is 13.7. The van der Waals surface area contributed by atoms with Crippen LogP contribution in [-0.4, -0.2) is 11.2 Å². The van der Waals surface area contributed by atoms with E-state index in [0.29, 0.717) is 9.80 Å². The fourth-order valence-electron chi connectivity index (χ4n) is 1.80. The van der Waals surface area contributed by atoms with E-state index in [1.807, 2.05) is 30.3 Å². The van der Waals surface area contributed by atoms with E-state index < -0.39 is 11.7 Å². The van der Waals surface area contributed by atoms with Gasteiger partial charge in [-0.15, -0.1) is 0 Å². The number of rotatable bonds is 4. The van der Waals surface area contributed by atoms with Crippen LogP contribution in [0.25, 0.3) is 0 Å². The van der Waals surface area contributed by atoms with Crippen molar-refractivity contribution >= 4 is 37.8 Å². The summed E-state index contributed by atoms with van der Waals surface area (Å²) < 4.78 is 14.3. The second-order valence-corrected chi connectivity index (χ2v) is 5.78. The quantitative estimate of drug-likeness (QED) is 0.754. The molecule has 0 saturated carbocycles. The van der Waals surface area contributed by atoms with Gasteiger partial charge in [-0.3, -0.25) is 4.79 Å². The predicted molar refractivity (Wildman–Crippen MR) is 84.5 cm³/mol. The Kier molecular flexibility index (Phi) is 5.31. The van der Waals surface area contributed by atoms with Crippen LogP contribution < -0.4 is 5.32 Å². The smallest absolute Gasteiger partial charge is 0.254 e. The molecule has 0 bridgehead atoms. The SMILES string of the molecule is O=C(NC(CBr)c1ccccc1)c1cc(Br)ccc1F. The Labute approximate surface area is 133 Å². The lowest BCUT2D eigenvalue weighted by molar-refractivity contribution is 0.0936. The summed E-state index contributed by atoms with van der Waals surface area (Å²) in [6.45, 7) is 0. The zero-order chi connectivity index (χ0) is 14.5. The van der Waals surface area contributed by atoms with Gasteiger partial charge in [0.2, 0.25) is 0 Å². The molecule has 5 heteroatoms. The lowest BCUT2D eigenvalue weighted by Gasteiger charge is -2.17. The molecule has 2 aromatic carbocycles. The molecule has 1 N–H and O–H groups in total. The first-order chi connectivity index (χ1) is 9.61. The van der Waals surface area contributed by atoms with Crippen molar-refractivity contribution in [1.29, 1.82) is 0 Å². The number of halogens is 3. The van der Waals surface area contributed by atoms with Gasteiger partial charge in [0, 0.05) is 9.80 Å². The van der Waals surface area contributed by atoms with Gasteiger partial charge in [-0.1, -0.05) is 62.2 Å². The van der Waals surface area contributed by atoms with Crippen LogP contribution in [0, 0.1) is 5.82 Å². The highest BCUT2D eigenvalue weighted by molar-refractivity contribution is 9.10. The van der Waals surface area contributed by atoms with E-state index in [0.717, 1.165) is 5.56 Å². The van der Waals surface area contributed by atoms with Crippen LogP contribution in [0.2, 0.25) is 0 Å². The first kappa shape index (κ1) is 15.2. The molecule has 1 amide bonds. The van der Waals surface area contributed by atoms with Crippen LogP contribution in [0.15, 0.2) is 53.0 Å². The van der Waals surface area contributed by atoms with E-state index in [9.17, 15) is 9.18 Å². The zero-order valence-electron chi connectivity index (χ0n) is 10.4. The molecule has 20 heavy (non-hydrogen) atoms. The Balaban J connectivity index is 2.20. The largest absolute Gasteiger partial charge is 0.344 e. The molecule has 0 heterocycles. The van der Waals surface area contributed by atoms with Gasteiger partial charge < -0.3 is 5.32 Å². The summed E-state index contributed by atoms with van der Waals surface area (Å²) in [5, 5.41) is 3.37. The minimum atomic E-state index is -0.535. The number of hydrogen-bond acceptors (Lipinski definition) is 1. The molecule has 0 aromatic heterocycles. The molecule has 2 nitrogen and oxygen atoms in total. The second-order valence-electron chi connectivity index (χ2n) is 4.22. The van der Waals surface area contributed by atoms with Gasteiger partial charge in [-0.25, -0.2) is 4.39 Å². The Morgan fingerprint density at radius 1 is 1.20 bits per heavy atom. The molecule has 1 atom stereocenters. The van der Waals surface area contributed by atoms with Crippen LogP contribution in [0.5, 0.6) is 0 Å². The molecule has 1 unspecified atom stereocenters. The number of amides is 1. The average Bonchev–Trinajstić information content (AvgIpc) is 2.48. The first-order valence-corrected chi connectivity index (χ1v) is 7.90. The van der Waals surface area contributed by atoms with E-state index in [2.05, 4.69) is 37.2 Å². The Bertz CT molecular complexity index is 604. The average molecular weight is 401 g/mol. The third-order valence-corrected chi connectivity index (χ3v) is 3.98. The van der Waals surface area contributed by atoms with Crippen molar-refractivity contribution in [3.63, 3.8) is 0 Å². The maximum absolute atomic E-state index is 13.7. The lowest BCUT2D eigenvalue weighted by Crippen LogP contribution is -2.30. The summed E-state index contributed by atoms with van der Waals surface area (Å²) >= 11 is 6.61. The normalized spacial score (nSPS) is 11.9. The van der Waals surface area contributed by atoms with Gasteiger partial charge in [0.25, 0.3) is 5.91 Å². The van der Waals surface area contributed by atoms with Gasteiger partial charge >= 0.3 is 0 Å². The highest BCUT2D eigenvalue weighted by atomic mass is 79.9. The van der Waals surface area contributed by atoms with E-state index in [-0.39, 0.29) is 11.6 Å². The van der Waals surface area contributed by atoms with Crippen molar-refractivity contribution in [3.05, 3.63) is 69.9 Å². The minimum absolute atomic E-state index is 0.0289. The van der Waals surface area contributed by atoms with Gasteiger partial charge in [-0.05, 0) is 23.8 Å². The molecule has 0 aliphatic rings. The molecule has 2 rings (SSSR count). The van der Waals surface area contributed by atoms with Crippen LogP contribution in [-0.2, 0) is 0 Å². The predicted octanol–water partition coefficient (Wildman–Crippen LogP) is 4.45. The van der Waals surface area contributed by atoms with Gasteiger partial charge in [0.15, 0.2) is 0 Å². The molecular weight excluding hydrogens is 389 g/mol. The van der Waals surface area contributed by atoms with E-state index in [4.69, 9.17) is 0 Å². The van der Waals surface area contributed by atoms with Crippen LogP contribution in [0.4, 0.5) is 4.39 Å². The van der Waals surface area contributed by atoms with E-state index >= 15 is 0 Å². The van der Waals surface area contributed by atoms with Gasteiger partial charge in [-0.2, -0.15) is 0 Å². The summed E-state index contributed by atoms with van der Waals surface area (Å²) in [6.07, 6.45) is 0. The molecule has 0 spiro atoms. The van der Waals surface area contributed by atoms with Crippen LogP contribution in [0.1, 0.15) is 22.0 Å². The molecular formula is C15H12Br2FNO. The molecule has 0 fully saturated rings. The van der Waals surface area contributed by atoms with Crippen LogP contribution in [0.3, 0.4) is 0 Å². The van der Waals surface area contributed by atoms with Gasteiger partial charge in [0.1, 0.15) is 5.82 Å². The molecule has 104 valence electrons. The van der Waals surface area contributed by atoms with Crippen molar-refractivity contribution < 1.29 is 9.18 Å². The fourth-order valence-corrected chi connectivity index (χ4v) is 2.70. The third kappa shape index (κ3) is 3.67. The minimum Gasteiger partial charge on any atom is -0.344 e. The van der Waals surface area contributed by atoms with Crippen LogP contribution >= 0.6 is 31.9 Å². The Morgan fingerprint density at radius 3 is 2.55 bits per heavy atom. The molecule has 2 aromatic rings. The van der Waals surface area contributed by atoms with E-state index in [1.165, 1.54) is 12.1 Å². The summed E-state index contributed by atoms with van der Waals surface area (Å²) in [7, 11) is 0.